The van der Waals surface area contributed by atoms with Crippen LogP contribution in [-0.4, -0.2) is 35.1 Å². The molecule has 8 nitrogen and oxygen atoms in total. The van der Waals surface area contributed by atoms with E-state index in [0.717, 1.165) is 11.3 Å². The molecule has 47 heavy (non-hydrogen) atoms. The van der Waals surface area contributed by atoms with Gasteiger partial charge in [0, 0.05) is 32.7 Å². The Bertz CT molecular complexity index is 1930. The maximum Gasteiger partial charge on any atom is 0.272 e. The number of thioether (sulfide) groups is 1. The Kier molecular flexibility index (Phi) is 11.0. The molecule has 5 aromatic rings. The van der Waals surface area contributed by atoms with Crippen LogP contribution in [0.5, 0.6) is 5.75 Å². The summed E-state index contributed by atoms with van der Waals surface area (Å²) in [5.74, 6) is -1.44. The molecule has 0 fully saturated rings. The smallest absolute Gasteiger partial charge is 0.272 e. The fraction of sp³-hybridized carbons (Fsp3) is 0.0857. The first kappa shape index (κ1) is 33.4. The molecule has 1 aromatic heterocycles. The van der Waals surface area contributed by atoms with Gasteiger partial charge in [0.25, 0.3) is 11.8 Å². The van der Waals surface area contributed by atoms with Crippen molar-refractivity contribution in [3.63, 3.8) is 0 Å². The summed E-state index contributed by atoms with van der Waals surface area (Å²) in [6.45, 7) is 1.76. The highest BCUT2D eigenvalue weighted by molar-refractivity contribution is 8.00. The van der Waals surface area contributed by atoms with Crippen LogP contribution in [0.1, 0.15) is 22.8 Å². The lowest BCUT2D eigenvalue weighted by atomic mass is 10.1. The fourth-order valence-corrected chi connectivity index (χ4v) is 6.16. The third-order valence-corrected chi connectivity index (χ3v) is 8.87. The molecule has 1 atom stereocenters. The average Bonchev–Trinajstić information content (AvgIpc) is 3.55. The topological polar surface area (TPSA) is 109 Å². The first-order chi connectivity index (χ1) is 22.7. The van der Waals surface area contributed by atoms with Crippen molar-refractivity contribution in [1.82, 2.24) is 10.3 Å². The molecular weight excluding hydrogens is 659 g/mol. The van der Waals surface area contributed by atoms with E-state index < -0.39 is 22.9 Å². The second-order valence-corrected chi connectivity index (χ2v) is 12.7. The van der Waals surface area contributed by atoms with Gasteiger partial charge in [0.1, 0.15) is 17.3 Å². The first-order valence-corrected chi connectivity index (χ1v) is 16.3. The van der Waals surface area contributed by atoms with Gasteiger partial charge in [-0.15, -0.1) is 23.1 Å². The van der Waals surface area contributed by atoms with Gasteiger partial charge in [0.2, 0.25) is 5.91 Å². The molecule has 238 valence electrons. The van der Waals surface area contributed by atoms with Crippen LogP contribution in [-0.2, 0) is 9.59 Å². The van der Waals surface area contributed by atoms with Crippen molar-refractivity contribution in [3.8, 4) is 17.0 Å². The number of carbonyl (C=O) groups is 3. The van der Waals surface area contributed by atoms with E-state index in [9.17, 15) is 18.8 Å². The molecular formula is C35H28ClFN4O4S2. The number of rotatable bonds is 11. The Labute approximate surface area is 284 Å². The van der Waals surface area contributed by atoms with Crippen LogP contribution >= 0.6 is 34.7 Å². The highest BCUT2D eigenvalue weighted by atomic mass is 35.5. The van der Waals surface area contributed by atoms with Crippen LogP contribution in [0.3, 0.4) is 0 Å². The summed E-state index contributed by atoms with van der Waals surface area (Å²) < 4.78 is 19.9. The van der Waals surface area contributed by atoms with E-state index in [1.54, 1.807) is 68.6 Å². The third-order valence-electron chi connectivity index (χ3n) is 6.69. The molecule has 5 rings (SSSR count). The molecule has 1 unspecified atom stereocenters. The average molecular weight is 687 g/mol. The van der Waals surface area contributed by atoms with E-state index in [1.807, 2.05) is 29.6 Å². The fourth-order valence-electron chi connectivity index (χ4n) is 4.29. The van der Waals surface area contributed by atoms with Crippen molar-refractivity contribution in [2.45, 2.75) is 17.1 Å². The van der Waals surface area contributed by atoms with Crippen molar-refractivity contribution in [2.24, 2.45) is 0 Å². The van der Waals surface area contributed by atoms with Crippen molar-refractivity contribution in [1.29, 1.82) is 0 Å². The summed E-state index contributed by atoms with van der Waals surface area (Å²) >= 11 is 8.81. The number of anilines is 2. The van der Waals surface area contributed by atoms with E-state index in [1.165, 1.54) is 47.4 Å². The monoisotopic (exact) mass is 686 g/mol. The Balaban J connectivity index is 1.27. The predicted octanol–water partition coefficient (Wildman–Crippen LogP) is 8.14. The Morgan fingerprint density at radius 2 is 1.72 bits per heavy atom. The molecule has 12 heteroatoms. The summed E-state index contributed by atoms with van der Waals surface area (Å²) in [4.78, 5) is 44.6. The third kappa shape index (κ3) is 8.85. The van der Waals surface area contributed by atoms with Crippen molar-refractivity contribution in [3.05, 3.63) is 130 Å². The molecule has 1 heterocycles. The number of carbonyl (C=O) groups excluding carboxylic acids is 3. The minimum Gasteiger partial charge on any atom is -0.497 e. The first-order valence-electron chi connectivity index (χ1n) is 14.2. The number of hydrogen-bond donors (Lipinski definition) is 3. The second-order valence-electron chi connectivity index (χ2n) is 10.0. The number of aromatic nitrogens is 1. The normalized spacial score (nSPS) is 11.8. The van der Waals surface area contributed by atoms with Crippen LogP contribution in [0.25, 0.3) is 17.3 Å². The Morgan fingerprint density at radius 1 is 0.957 bits per heavy atom. The molecule has 0 radical (unpaired) electrons. The van der Waals surface area contributed by atoms with Crippen LogP contribution < -0.4 is 20.7 Å². The van der Waals surface area contributed by atoms with Gasteiger partial charge in [-0.05, 0) is 67.6 Å². The maximum absolute atomic E-state index is 14.6. The summed E-state index contributed by atoms with van der Waals surface area (Å²) in [6.07, 6.45) is 1.19. The van der Waals surface area contributed by atoms with Gasteiger partial charge < -0.3 is 20.7 Å². The number of benzene rings is 4. The van der Waals surface area contributed by atoms with Crippen LogP contribution in [0.2, 0.25) is 5.02 Å². The van der Waals surface area contributed by atoms with E-state index >= 15 is 0 Å². The van der Waals surface area contributed by atoms with Gasteiger partial charge >= 0.3 is 0 Å². The lowest BCUT2D eigenvalue weighted by molar-refractivity contribution is -0.115. The zero-order valence-corrected chi connectivity index (χ0v) is 27.5. The predicted molar refractivity (Wildman–Crippen MR) is 186 cm³/mol. The van der Waals surface area contributed by atoms with Gasteiger partial charge in [0.05, 0.1) is 23.1 Å². The molecule has 3 amide bonds. The van der Waals surface area contributed by atoms with Gasteiger partial charge in [-0.25, -0.2) is 9.37 Å². The van der Waals surface area contributed by atoms with Crippen molar-refractivity contribution < 1.29 is 23.5 Å². The van der Waals surface area contributed by atoms with Gasteiger partial charge in [0.15, 0.2) is 5.13 Å². The van der Waals surface area contributed by atoms with E-state index in [-0.39, 0.29) is 22.2 Å². The van der Waals surface area contributed by atoms with Gasteiger partial charge in [-0.1, -0.05) is 54.1 Å². The largest absolute Gasteiger partial charge is 0.497 e. The summed E-state index contributed by atoms with van der Waals surface area (Å²) in [5.41, 5.74) is 2.04. The van der Waals surface area contributed by atoms with E-state index in [4.69, 9.17) is 16.3 Å². The molecule has 0 bridgehead atoms. The zero-order valence-electron chi connectivity index (χ0n) is 25.1. The number of nitrogens with one attached hydrogen (secondary N) is 3. The highest BCUT2D eigenvalue weighted by Crippen LogP contribution is 2.30. The number of thiazole rings is 1. The number of methoxy groups -OCH3 is 1. The summed E-state index contributed by atoms with van der Waals surface area (Å²) in [6, 6.07) is 26.8. The molecule has 0 saturated heterocycles. The van der Waals surface area contributed by atoms with Crippen molar-refractivity contribution in [2.75, 3.05) is 17.7 Å². The molecule has 3 N–H and O–H groups in total. The number of hydrogen-bond acceptors (Lipinski definition) is 7. The zero-order chi connectivity index (χ0) is 33.3. The molecule has 0 spiro atoms. The number of halogens is 2. The Morgan fingerprint density at radius 3 is 2.49 bits per heavy atom. The lowest BCUT2D eigenvalue weighted by Crippen LogP contribution is -2.30. The maximum atomic E-state index is 14.6. The lowest BCUT2D eigenvalue weighted by Gasteiger charge is -2.14. The van der Waals surface area contributed by atoms with Crippen LogP contribution in [0.15, 0.2) is 113 Å². The molecule has 0 saturated carbocycles. The van der Waals surface area contributed by atoms with Crippen LogP contribution in [0, 0.1) is 5.82 Å². The number of ether oxygens (including phenoxy) is 1. The van der Waals surface area contributed by atoms with Crippen molar-refractivity contribution >= 4 is 69.3 Å². The number of amides is 3. The van der Waals surface area contributed by atoms with Gasteiger partial charge in [-0.2, -0.15) is 0 Å². The quantitative estimate of drug-likeness (QED) is 0.0956. The van der Waals surface area contributed by atoms with Crippen LogP contribution in [0.4, 0.5) is 15.2 Å². The standard InChI is InChI=1S/C35H28ClFN4O4S2/c1-21(32(42)41-35-40-31(20-46-35)23-11-6-13-25(17-23)45-2)47-26-14-7-12-24(18-26)38-34(44)30(19-27-28(36)15-8-16-29(27)37)39-33(43)22-9-4-3-5-10-22/h3-21H,1-2H3,(H,38,44)(H,39,43)(H,40,41,42)/b30-19+. The minimum atomic E-state index is -0.697. The molecule has 0 aliphatic carbocycles. The minimum absolute atomic E-state index is 0.0485. The summed E-state index contributed by atoms with van der Waals surface area (Å²) in [5, 5.41) is 10.1. The molecule has 4 aromatic carbocycles. The van der Waals surface area contributed by atoms with E-state index in [2.05, 4.69) is 20.9 Å². The number of nitrogens with zero attached hydrogens (tertiary/aromatic N) is 1. The Hall–Kier alpha value is -4.97. The molecule has 0 aliphatic rings. The van der Waals surface area contributed by atoms with Gasteiger partial charge in [-0.3, -0.25) is 14.4 Å². The summed E-state index contributed by atoms with van der Waals surface area (Å²) in [7, 11) is 1.60. The van der Waals surface area contributed by atoms with E-state index in [0.29, 0.717) is 27.0 Å². The second kappa shape index (κ2) is 15.5. The highest BCUT2D eigenvalue weighted by Gasteiger charge is 2.19. The SMILES string of the molecule is COc1cccc(-c2csc(NC(=O)C(C)Sc3cccc(NC(=O)/C(=C\c4c(F)cccc4Cl)NC(=O)c4ccccc4)c3)n2)c1. The molecule has 0 aliphatic heterocycles.